The van der Waals surface area contributed by atoms with E-state index in [1.54, 1.807) is 38.1 Å². The molecule has 4 nitrogen and oxygen atoms in total. The first-order valence-corrected chi connectivity index (χ1v) is 5.88. The van der Waals surface area contributed by atoms with Crippen molar-refractivity contribution in [2.75, 3.05) is 5.32 Å². The van der Waals surface area contributed by atoms with Crippen molar-refractivity contribution in [2.24, 2.45) is 0 Å². The van der Waals surface area contributed by atoms with Crippen LogP contribution in [0.2, 0.25) is 0 Å². The topological polar surface area (TPSA) is 69.6 Å². The number of aryl methyl sites for hydroxylation is 2. The summed E-state index contributed by atoms with van der Waals surface area (Å²) in [5, 5.41) is 21.7. The van der Waals surface area contributed by atoms with E-state index >= 15 is 0 Å². The summed E-state index contributed by atoms with van der Waals surface area (Å²) in [5.41, 5.74) is 2.37. The van der Waals surface area contributed by atoms with Gasteiger partial charge >= 0.3 is 0 Å². The van der Waals surface area contributed by atoms with E-state index in [9.17, 15) is 15.0 Å². The van der Waals surface area contributed by atoms with Crippen LogP contribution in [0.5, 0.6) is 11.5 Å². The molecule has 0 fully saturated rings. The minimum atomic E-state index is -0.286. The zero-order valence-corrected chi connectivity index (χ0v) is 10.8. The summed E-state index contributed by atoms with van der Waals surface area (Å²) in [4.78, 5) is 12.0. The van der Waals surface area contributed by atoms with Crippen molar-refractivity contribution in [1.82, 2.24) is 0 Å². The van der Waals surface area contributed by atoms with E-state index in [1.807, 2.05) is 0 Å². The van der Waals surface area contributed by atoms with Gasteiger partial charge in [0, 0.05) is 17.3 Å². The molecule has 1 amide bonds. The van der Waals surface area contributed by atoms with Crippen LogP contribution >= 0.6 is 0 Å². The Morgan fingerprint density at radius 3 is 2.32 bits per heavy atom. The third-order valence-corrected chi connectivity index (χ3v) is 2.93. The fraction of sp³-hybridized carbons (Fsp3) is 0.133. The standard InChI is InChI=1S/C15H15NO3/c1-9-3-5-12(8-14(9)18)16-15(19)11-4-6-13(17)10(2)7-11/h3-8,17-18H,1-2H3,(H,16,19). The Balaban J connectivity index is 2.20. The molecular weight excluding hydrogens is 242 g/mol. The minimum Gasteiger partial charge on any atom is -0.508 e. The zero-order chi connectivity index (χ0) is 14.0. The molecule has 0 aromatic heterocycles. The van der Waals surface area contributed by atoms with Gasteiger partial charge < -0.3 is 15.5 Å². The molecule has 3 N–H and O–H groups in total. The Kier molecular flexibility index (Phi) is 3.42. The predicted molar refractivity (Wildman–Crippen MR) is 73.6 cm³/mol. The van der Waals surface area contributed by atoms with Gasteiger partial charge in [0.05, 0.1) is 0 Å². The Labute approximate surface area is 111 Å². The highest BCUT2D eigenvalue weighted by Crippen LogP contribution is 2.22. The van der Waals surface area contributed by atoms with E-state index in [0.717, 1.165) is 5.56 Å². The van der Waals surface area contributed by atoms with Crippen molar-refractivity contribution in [3.8, 4) is 11.5 Å². The van der Waals surface area contributed by atoms with Crippen LogP contribution in [0.1, 0.15) is 21.5 Å². The molecule has 98 valence electrons. The third-order valence-electron chi connectivity index (χ3n) is 2.93. The molecule has 2 aromatic rings. The highest BCUT2D eigenvalue weighted by Gasteiger charge is 2.08. The molecule has 0 spiro atoms. The van der Waals surface area contributed by atoms with Crippen molar-refractivity contribution in [2.45, 2.75) is 13.8 Å². The number of anilines is 1. The van der Waals surface area contributed by atoms with Crippen molar-refractivity contribution >= 4 is 11.6 Å². The fourth-order valence-corrected chi connectivity index (χ4v) is 1.69. The van der Waals surface area contributed by atoms with Gasteiger partial charge in [0.2, 0.25) is 0 Å². The van der Waals surface area contributed by atoms with Crippen LogP contribution in [-0.2, 0) is 0 Å². The molecule has 0 aliphatic carbocycles. The van der Waals surface area contributed by atoms with E-state index in [2.05, 4.69) is 5.32 Å². The highest BCUT2D eigenvalue weighted by atomic mass is 16.3. The first-order valence-electron chi connectivity index (χ1n) is 5.88. The first kappa shape index (κ1) is 13.0. The summed E-state index contributed by atoms with van der Waals surface area (Å²) in [6.07, 6.45) is 0. The molecule has 0 saturated carbocycles. The molecular formula is C15H15NO3. The molecule has 2 rings (SSSR count). The number of nitrogens with one attached hydrogen (secondary N) is 1. The maximum Gasteiger partial charge on any atom is 0.255 e. The molecule has 0 aliphatic heterocycles. The number of aromatic hydroxyl groups is 2. The van der Waals surface area contributed by atoms with Gasteiger partial charge in [0.1, 0.15) is 11.5 Å². The number of phenols is 2. The van der Waals surface area contributed by atoms with Crippen LogP contribution in [0, 0.1) is 13.8 Å². The van der Waals surface area contributed by atoms with Gasteiger partial charge in [-0.25, -0.2) is 0 Å². The number of hydrogen-bond acceptors (Lipinski definition) is 3. The van der Waals surface area contributed by atoms with Crippen LogP contribution in [0.4, 0.5) is 5.69 Å². The van der Waals surface area contributed by atoms with Crippen LogP contribution in [0.15, 0.2) is 36.4 Å². The Morgan fingerprint density at radius 2 is 1.68 bits per heavy atom. The van der Waals surface area contributed by atoms with Gasteiger partial charge in [0.15, 0.2) is 0 Å². The summed E-state index contributed by atoms with van der Waals surface area (Å²) >= 11 is 0. The highest BCUT2D eigenvalue weighted by molar-refractivity contribution is 6.04. The first-order chi connectivity index (χ1) is 8.97. The molecule has 4 heteroatoms. The summed E-state index contributed by atoms with van der Waals surface area (Å²) in [7, 11) is 0. The van der Waals surface area contributed by atoms with E-state index in [1.165, 1.54) is 12.1 Å². The second-order valence-corrected chi connectivity index (χ2v) is 4.46. The average molecular weight is 257 g/mol. The normalized spacial score (nSPS) is 10.2. The summed E-state index contributed by atoms with van der Waals surface area (Å²) in [5.74, 6) is 0.00979. The van der Waals surface area contributed by atoms with Crippen molar-refractivity contribution in [3.63, 3.8) is 0 Å². The van der Waals surface area contributed by atoms with Crippen molar-refractivity contribution in [1.29, 1.82) is 0 Å². The van der Waals surface area contributed by atoms with E-state index in [4.69, 9.17) is 0 Å². The van der Waals surface area contributed by atoms with Crippen molar-refractivity contribution < 1.29 is 15.0 Å². The lowest BCUT2D eigenvalue weighted by molar-refractivity contribution is 0.102. The second-order valence-electron chi connectivity index (χ2n) is 4.46. The Hall–Kier alpha value is -2.49. The molecule has 19 heavy (non-hydrogen) atoms. The second kappa shape index (κ2) is 5.02. The average Bonchev–Trinajstić information content (AvgIpc) is 2.37. The third kappa shape index (κ3) is 2.85. The zero-order valence-electron chi connectivity index (χ0n) is 10.8. The monoisotopic (exact) mass is 257 g/mol. The van der Waals surface area contributed by atoms with Gasteiger partial charge in [-0.2, -0.15) is 0 Å². The number of benzene rings is 2. The maximum absolute atomic E-state index is 12.0. The van der Waals surface area contributed by atoms with E-state index in [0.29, 0.717) is 16.8 Å². The number of hydrogen-bond donors (Lipinski definition) is 3. The van der Waals surface area contributed by atoms with Gasteiger partial charge in [-0.05, 0) is 49.2 Å². The summed E-state index contributed by atoms with van der Waals surface area (Å²) in [6.45, 7) is 3.51. The lowest BCUT2D eigenvalue weighted by atomic mass is 10.1. The quantitative estimate of drug-likeness (QED) is 0.774. The van der Waals surface area contributed by atoms with E-state index in [-0.39, 0.29) is 17.4 Å². The summed E-state index contributed by atoms with van der Waals surface area (Å²) in [6, 6.07) is 9.59. The molecule has 0 heterocycles. The predicted octanol–water partition coefficient (Wildman–Crippen LogP) is 2.97. The maximum atomic E-state index is 12.0. The Morgan fingerprint density at radius 1 is 0.947 bits per heavy atom. The number of rotatable bonds is 2. The number of carbonyl (C=O) groups is 1. The van der Waals surface area contributed by atoms with Crippen LogP contribution in [0.25, 0.3) is 0 Å². The lowest BCUT2D eigenvalue weighted by Gasteiger charge is -2.08. The molecule has 0 radical (unpaired) electrons. The van der Waals surface area contributed by atoms with Gasteiger partial charge in [-0.15, -0.1) is 0 Å². The van der Waals surface area contributed by atoms with Crippen molar-refractivity contribution in [3.05, 3.63) is 53.1 Å². The smallest absolute Gasteiger partial charge is 0.255 e. The fourth-order valence-electron chi connectivity index (χ4n) is 1.69. The summed E-state index contributed by atoms with van der Waals surface area (Å²) < 4.78 is 0. The van der Waals surface area contributed by atoms with E-state index < -0.39 is 0 Å². The van der Waals surface area contributed by atoms with Gasteiger partial charge in [-0.3, -0.25) is 4.79 Å². The largest absolute Gasteiger partial charge is 0.508 e. The molecule has 0 atom stereocenters. The SMILES string of the molecule is Cc1cc(C(=O)Nc2ccc(C)c(O)c2)ccc1O. The molecule has 0 unspecified atom stereocenters. The minimum absolute atomic E-state index is 0.139. The number of phenolic OH excluding ortho intramolecular Hbond substituents is 2. The number of carbonyl (C=O) groups excluding carboxylic acids is 1. The Bertz CT molecular complexity index is 635. The molecule has 0 saturated heterocycles. The number of amides is 1. The molecule has 0 bridgehead atoms. The van der Waals surface area contributed by atoms with Crippen LogP contribution in [0.3, 0.4) is 0 Å². The van der Waals surface area contributed by atoms with Crippen LogP contribution < -0.4 is 5.32 Å². The van der Waals surface area contributed by atoms with Gasteiger partial charge in [0.25, 0.3) is 5.91 Å². The molecule has 2 aromatic carbocycles. The molecule has 0 aliphatic rings. The lowest BCUT2D eigenvalue weighted by Crippen LogP contribution is -2.11. The van der Waals surface area contributed by atoms with Crippen LogP contribution in [-0.4, -0.2) is 16.1 Å². The van der Waals surface area contributed by atoms with Gasteiger partial charge in [-0.1, -0.05) is 6.07 Å².